The Bertz CT molecular complexity index is 605. The van der Waals surface area contributed by atoms with Gasteiger partial charge in [-0.2, -0.15) is 0 Å². The number of hydrogen-bond donors (Lipinski definition) is 3. The molecule has 0 aliphatic carbocycles. The van der Waals surface area contributed by atoms with Gasteiger partial charge in [-0.1, -0.05) is 12.1 Å². The molecule has 2 atom stereocenters. The summed E-state index contributed by atoms with van der Waals surface area (Å²) in [7, 11) is -0.822. The SMILES string of the molecule is CNC(CCP(=O)(OC)Oc1cccc(CC(=O)O)c1)C(=O)O. The van der Waals surface area contributed by atoms with Gasteiger partial charge in [-0.25, -0.2) is 4.57 Å². The van der Waals surface area contributed by atoms with Crippen molar-refractivity contribution in [2.75, 3.05) is 20.3 Å². The molecular formula is C14H20NO7P. The maximum absolute atomic E-state index is 12.5. The summed E-state index contributed by atoms with van der Waals surface area (Å²) in [4.78, 5) is 21.7. The Balaban J connectivity index is 2.79. The third kappa shape index (κ3) is 6.40. The molecule has 0 saturated carbocycles. The second-order valence-electron chi connectivity index (χ2n) is 4.79. The zero-order valence-corrected chi connectivity index (χ0v) is 13.8. The Labute approximate surface area is 134 Å². The van der Waals surface area contributed by atoms with Crippen LogP contribution in [0, 0.1) is 0 Å². The smallest absolute Gasteiger partial charge is 0.378 e. The van der Waals surface area contributed by atoms with Gasteiger partial charge in [-0.05, 0) is 31.2 Å². The molecule has 0 aliphatic rings. The predicted octanol–water partition coefficient (Wildman–Crippen LogP) is 1.59. The fourth-order valence-corrected chi connectivity index (χ4v) is 3.26. The molecule has 1 aromatic carbocycles. The van der Waals surface area contributed by atoms with E-state index in [1.54, 1.807) is 12.1 Å². The van der Waals surface area contributed by atoms with Gasteiger partial charge >= 0.3 is 19.5 Å². The molecule has 9 heteroatoms. The van der Waals surface area contributed by atoms with Crippen molar-refractivity contribution in [2.24, 2.45) is 0 Å². The number of benzene rings is 1. The van der Waals surface area contributed by atoms with Crippen molar-refractivity contribution >= 4 is 19.5 Å². The Morgan fingerprint density at radius 3 is 2.57 bits per heavy atom. The van der Waals surface area contributed by atoms with Crippen molar-refractivity contribution in [3.8, 4) is 5.75 Å². The molecule has 8 nitrogen and oxygen atoms in total. The molecule has 0 radical (unpaired) electrons. The van der Waals surface area contributed by atoms with Gasteiger partial charge in [0.05, 0.1) is 12.6 Å². The second kappa shape index (κ2) is 8.67. The normalized spacial score (nSPS) is 14.7. The van der Waals surface area contributed by atoms with E-state index in [0.29, 0.717) is 5.56 Å². The lowest BCUT2D eigenvalue weighted by atomic mass is 10.1. The molecule has 0 amide bonds. The summed E-state index contributed by atoms with van der Waals surface area (Å²) >= 11 is 0. The fourth-order valence-electron chi connectivity index (χ4n) is 1.90. The largest absolute Gasteiger partial charge is 0.481 e. The molecule has 1 rings (SSSR count). The first-order valence-electron chi connectivity index (χ1n) is 6.85. The lowest BCUT2D eigenvalue weighted by Gasteiger charge is -2.19. The van der Waals surface area contributed by atoms with E-state index in [1.165, 1.54) is 26.3 Å². The molecule has 0 saturated heterocycles. The quantitative estimate of drug-likeness (QED) is 0.547. The van der Waals surface area contributed by atoms with Crippen LogP contribution in [0.1, 0.15) is 12.0 Å². The predicted molar refractivity (Wildman–Crippen MR) is 83.0 cm³/mol. The van der Waals surface area contributed by atoms with Gasteiger partial charge in [0.1, 0.15) is 11.8 Å². The van der Waals surface area contributed by atoms with Crippen molar-refractivity contribution < 1.29 is 33.4 Å². The number of hydrogen-bond acceptors (Lipinski definition) is 6. The molecule has 0 aromatic heterocycles. The van der Waals surface area contributed by atoms with E-state index in [1.807, 2.05) is 0 Å². The van der Waals surface area contributed by atoms with Gasteiger partial charge in [-0.3, -0.25) is 9.59 Å². The molecule has 1 aromatic rings. The molecule has 0 spiro atoms. The van der Waals surface area contributed by atoms with Gasteiger partial charge in [0, 0.05) is 7.11 Å². The van der Waals surface area contributed by atoms with Gasteiger partial charge in [0.2, 0.25) is 0 Å². The van der Waals surface area contributed by atoms with Crippen molar-refractivity contribution in [3.05, 3.63) is 29.8 Å². The number of nitrogens with one attached hydrogen (secondary N) is 1. The highest BCUT2D eigenvalue weighted by molar-refractivity contribution is 7.54. The van der Waals surface area contributed by atoms with Crippen LogP contribution in [0.15, 0.2) is 24.3 Å². The maximum atomic E-state index is 12.5. The molecule has 0 fully saturated rings. The van der Waals surface area contributed by atoms with Crippen LogP contribution in [-0.4, -0.2) is 48.5 Å². The summed E-state index contributed by atoms with van der Waals surface area (Å²) in [5.41, 5.74) is 0.497. The number of likely N-dealkylation sites (N-methyl/N-ethyl adjacent to an activating group) is 1. The molecule has 128 valence electrons. The third-order valence-electron chi connectivity index (χ3n) is 3.11. The number of carboxylic acids is 2. The van der Waals surface area contributed by atoms with Gasteiger partial charge in [0.25, 0.3) is 0 Å². The molecule has 3 N–H and O–H groups in total. The summed E-state index contributed by atoms with van der Waals surface area (Å²) in [5, 5.41) is 20.3. The first-order chi connectivity index (χ1) is 10.8. The fraction of sp³-hybridized carbons (Fsp3) is 0.429. The molecular weight excluding hydrogens is 325 g/mol. The summed E-state index contributed by atoms with van der Waals surface area (Å²) < 4.78 is 22.8. The monoisotopic (exact) mass is 345 g/mol. The van der Waals surface area contributed by atoms with E-state index in [9.17, 15) is 14.2 Å². The van der Waals surface area contributed by atoms with Crippen molar-refractivity contribution in [3.63, 3.8) is 0 Å². The van der Waals surface area contributed by atoms with E-state index in [4.69, 9.17) is 19.3 Å². The van der Waals surface area contributed by atoms with Crippen LogP contribution in [0.25, 0.3) is 0 Å². The van der Waals surface area contributed by atoms with Gasteiger partial charge in [0.15, 0.2) is 0 Å². The second-order valence-corrected chi connectivity index (χ2v) is 7.01. The minimum absolute atomic E-state index is 0.0613. The molecule has 0 heterocycles. The zero-order chi connectivity index (χ0) is 17.5. The molecule has 0 aliphatic heterocycles. The number of aliphatic carboxylic acids is 2. The van der Waals surface area contributed by atoms with Crippen LogP contribution >= 0.6 is 7.60 Å². The summed E-state index contributed by atoms with van der Waals surface area (Å²) in [6, 6.07) is 5.33. The first kappa shape index (κ1) is 19.2. The topological polar surface area (TPSA) is 122 Å². The Kier molecular flexibility index (Phi) is 7.22. The van der Waals surface area contributed by atoms with Crippen LogP contribution in [0.4, 0.5) is 0 Å². The van der Waals surface area contributed by atoms with Gasteiger partial charge < -0.3 is 24.6 Å². The van der Waals surface area contributed by atoms with Crippen LogP contribution in [0.2, 0.25) is 0 Å². The highest BCUT2D eigenvalue weighted by atomic mass is 31.2. The number of rotatable bonds is 10. The minimum Gasteiger partial charge on any atom is -0.481 e. The van der Waals surface area contributed by atoms with Crippen molar-refractivity contribution in [1.82, 2.24) is 5.32 Å². The van der Waals surface area contributed by atoms with Crippen molar-refractivity contribution in [1.29, 1.82) is 0 Å². The van der Waals surface area contributed by atoms with Crippen LogP contribution in [0.3, 0.4) is 0 Å². The highest BCUT2D eigenvalue weighted by Gasteiger charge is 2.28. The Morgan fingerprint density at radius 1 is 1.35 bits per heavy atom. The van der Waals surface area contributed by atoms with E-state index >= 15 is 0 Å². The molecule has 23 heavy (non-hydrogen) atoms. The maximum Gasteiger partial charge on any atom is 0.378 e. The molecule has 0 bridgehead atoms. The molecule has 2 unspecified atom stereocenters. The van der Waals surface area contributed by atoms with E-state index in [-0.39, 0.29) is 24.8 Å². The highest BCUT2D eigenvalue weighted by Crippen LogP contribution is 2.48. The standard InChI is InChI=1S/C14H20NO7P/c1-15-12(14(18)19)6-7-23(20,21-2)22-11-5-3-4-10(8-11)9-13(16)17/h3-5,8,12,15H,6-7,9H2,1-2H3,(H,16,17)(H,18,19). The summed E-state index contributed by atoms with van der Waals surface area (Å²) in [6.07, 6.45) is -0.217. The van der Waals surface area contributed by atoms with Crippen LogP contribution in [0.5, 0.6) is 5.75 Å². The van der Waals surface area contributed by atoms with Crippen molar-refractivity contribution in [2.45, 2.75) is 18.9 Å². The van der Waals surface area contributed by atoms with Crippen LogP contribution in [-0.2, 0) is 25.1 Å². The number of carboxylic acid groups (broad SMARTS) is 2. The van der Waals surface area contributed by atoms with E-state index in [2.05, 4.69) is 5.32 Å². The average molecular weight is 345 g/mol. The summed E-state index contributed by atoms with van der Waals surface area (Å²) in [6.45, 7) is 0. The van der Waals surface area contributed by atoms with Gasteiger partial charge in [-0.15, -0.1) is 0 Å². The zero-order valence-electron chi connectivity index (χ0n) is 12.9. The minimum atomic E-state index is -3.53. The number of carbonyl (C=O) groups is 2. The van der Waals surface area contributed by atoms with Crippen LogP contribution < -0.4 is 9.84 Å². The Morgan fingerprint density at radius 2 is 2.04 bits per heavy atom. The summed E-state index contributed by atoms with van der Waals surface area (Å²) in [5.74, 6) is -1.83. The lowest BCUT2D eigenvalue weighted by molar-refractivity contribution is -0.139. The lowest BCUT2D eigenvalue weighted by Crippen LogP contribution is -2.34. The van der Waals surface area contributed by atoms with E-state index in [0.717, 1.165) is 0 Å². The third-order valence-corrected chi connectivity index (χ3v) is 4.97. The van der Waals surface area contributed by atoms with E-state index < -0.39 is 25.6 Å². The average Bonchev–Trinajstić information content (AvgIpc) is 2.47. The Hall–Kier alpha value is -1.89. The first-order valence-corrected chi connectivity index (χ1v) is 8.57.